The van der Waals surface area contributed by atoms with Crippen LogP contribution in [0.15, 0.2) is 66.9 Å². The molecule has 0 unspecified atom stereocenters. The van der Waals surface area contributed by atoms with Crippen molar-refractivity contribution < 1.29 is 14.3 Å². The first-order valence-electron chi connectivity index (χ1n) is 8.04. The Bertz CT molecular complexity index is 974. The van der Waals surface area contributed by atoms with Crippen molar-refractivity contribution >= 4 is 40.5 Å². The van der Waals surface area contributed by atoms with Crippen molar-refractivity contribution in [2.24, 2.45) is 0 Å². The molecule has 0 spiro atoms. The molecule has 1 aromatic heterocycles. The number of hydrogen-bond donors (Lipinski definition) is 2. The number of ether oxygens (including phenoxy) is 1. The van der Waals surface area contributed by atoms with Gasteiger partial charge in [0.25, 0.3) is 5.91 Å². The van der Waals surface area contributed by atoms with Gasteiger partial charge in [0.05, 0.1) is 35.3 Å². The van der Waals surface area contributed by atoms with Gasteiger partial charge >= 0.3 is 5.97 Å². The number of halogens is 1. The van der Waals surface area contributed by atoms with Crippen LogP contribution in [0.2, 0.25) is 5.02 Å². The molecule has 0 aliphatic heterocycles. The molecule has 136 valence electrons. The van der Waals surface area contributed by atoms with E-state index in [2.05, 4.69) is 20.4 Å². The van der Waals surface area contributed by atoms with E-state index in [-0.39, 0.29) is 11.6 Å². The second-order valence-corrected chi connectivity index (χ2v) is 5.97. The second kappa shape index (κ2) is 8.33. The Kier molecular flexibility index (Phi) is 5.68. The van der Waals surface area contributed by atoms with Gasteiger partial charge in [0.1, 0.15) is 5.69 Å². The van der Waals surface area contributed by atoms with Gasteiger partial charge in [-0.1, -0.05) is 29.8 Å². The average Bonchev–Trinajstić information content (AvgIpc) is 2.70. The molecule has 6 nitrogen and oxygen atoms in total. The first-order chi connectivity index (χ1) is 13.1. The highest BCUT2D eigenvalue weighted by atomic mass is 35.5. The molecule has 27 heavy (non-hydrogen) atoms. The molecule has 2 aromatic carbocycles. The van der Waals surface area contributed by atoms with E-state index < -0.39 is 5.97 Å². The Morgan fingerprint density at radius 1 is 1.00 bits per heavy atom. The van der Waals surface area contributed by atoms with Gasteiger partial charge in [-0.3, -0.25) is 4.79 Å². The predicted octanol–water partition coefficient (Wildman–Crippen LogP) is 4.52. The lowest BCUT2D eigenvalue weighted by atomic mass is 10.2. The zero-order valence-corrected chi connectivity index (χ0v) is 15.2. The molecule has 0 saturated carbocycles. The Labute approximate surface area is 161 Å². The number of nitrogens with one attached hydrogen (secondary N) is 2. The molecule has 1 heterocycles. The third-order valence-corrected chi connectivity index (χ3v) is 4.02. The quantitative estimate of drug-likeness (QED) is 0.635. The number of para-hydroxylation sites is 1. The van der Waals surface area contributed by atoms with Crippen molar-refractivity contribution in [3.63, 3.8) is 0 Å². The van der Waals surface area contributed by atoms with Gasteiger partial charge in [-0.25, -0.2) is 9.78 Å². The third-order valence-electron chi connectivity index (χ3n) is 3.69. The van der Waals surface area contributed by atoms with E-state index in [0.717, 1.165) is 5.69 Å². The Morgan fingerprint density at radius 3 is 2.52 bits per heavy atom. The van der Waals surface area contributed by atoms with Crippen molar-refractivity contribution in [3.8, 4) is 0 Å². The van der Waals surface area contributed by atoms with Crippen LogP contribution in [0.1, 0.15) is 20.8 Å². The maximum absolute atomic E-state index is 12.4. The Morgan fingerprint density at radius 2 is 1.81 bits per heavy atom. The first-order valence-corrected chi connectivity index (χ1v) is 8.42. The highest BCUT2D eigenvalue weighted by Gasteiger charge is 2.10. The van der Waals surface area contributed by atoms with E-state index in [1.165, 1.54) is 13.2 Å². The molecule has 2 N–H and O–H groups in total. The molecule has 0 fully saturated rings. The summed E-state index contributed by atoms with van der Waals surface area (Å²) in [4.78, 5) is 28.1. The van der Waals surface area contributed by atoms with E-state index >= 15 is 0 Å². The second-order valence-electron chi connectivity index (χ2n) is 5.56. The summed E-state index contributed by atoms with van der Waals surface area (Å²) < 4.78 is 4.67. The van der Waals surface area contributed by atoms with E-state index in [1.807, 2.05) is 18.2 Å². The highest BCUT2D eigenvalue weighted by molar-refractivity contribution is 6.33. The monoisotopic (exact) mass is 381 g/mol. The number of pyridine rings is 1. The summed E-state index contributed by atoms with van der Waals surface area (Å²) in [5.41, 5.74) is 2.51. The Hall–Kier alpha value is -3.38. The smallest absolute Gasteiger partial charge is 0.337 e. The van der Waals surface area contributed by atoms with Gasteiger partial charge in [-0.05, 0) is 42.5 Å². The maximum atomic E-state index is 12.4. The fourth-order valence-corrected chi connectivity index (χ4v) is 2.54. The lowest BCUT2D eigenvalue weighted by molar-refractivity contribution is 0.0600. The number of benzene rings is 2. The summed E-state index contributed by atoms with van der Waals surface area (Å²) in [6.45, 7) is 0. The normalized spacial score (nSPS) is 10.1. The van der Waals surface area contributed by atoms with Crippen molar-refractivity contribution in [1.29, 1.82) is 0 Å². The molecule has 0 saturated heterocycles. The molecule has 0 aliphatic carbocycles. The summed E-state index contributed by atoms with van der Waals surface area (Å²) in [5.74, 6) is -0.861. The lowest BCUT2D eigenvalue weighted by Crippen LogP contribution is -2.14. The van der Waals surface area contributed by atoms with Crippen molar-refractivity contribution in [2.45, 2.75) is 0 Å². The van der Waals surface area contributed by atoms with Crippen LogP contribution in [-0.2, 0) is 4.74 Å². The molecule has 0 aliphatic rings. The van der Waals surface area contributed by atoms with Crippen molar-refractivity contribution in [2.75, 3.05) is 17.7 Å². The minimum Gasteiger partial charge on any atom is -0.465 e. The van der Waals surface area contributed by atoms with Crippen LogP contribution < -0.4 is 10.6 Å². The summed E-state index contributed by atoms with van der Waals surface area (Å²) >= 11 is 6.11. The van der Waals surface area contributed by atoms with Crippen LogP contribution in [0, 0.1) is 0 Å². The molecule has 0 bridgehead atoms. The number of nitrogens with zero attached hydrogens (tertiary/aromatic N) is 1. The Balaban J connectivity index is 1.69. The van der Waals surface area contributed by atoms with Crippen molar-refractivity contribution in [3.05, 3.63) is 83.1 Å². The molecule has 3 aromatic rings. The summed E-state index contributed by atoms with van der Waals surface area (Å²) in [6, 6.07) is 17.1. The standard InChI is InChI=1S/C20H16ClN3O3/c1-27-20(26)13-5-4-6-14(11-13)24-19(25)18-10-9-15(12-22-18)23-17-8-3-2-7-16(17)21/h2-12,23H,1H3,(H,24,25). The van der Waals surface area contributed by atoms with Gasteiger partial charge in [0.2, 0.25) is 0 Å². The molecule has 1 amide bonds. The summed E-state index contributed by atoms with van der Waals surface area (Å²) in [5, 5.41) is 6.43. The minimum atomic E-state index is -0.473. The summed E-state index contributed by atoms with van der Waals surface area (Å²) in [7, 11) is 1.30. The van der Waals surface area contributed by atoms with Gasteiger partial charge in [0, 0.05) is 5.69 Å². The SMILES string of the molecule is COC(=O)c1cccc(NC(=O)c2ccc(Nc3ccccc3Cl)cn2)c1. The van der Waals surface area contributed by atoms with E-state index in [0.29, 0.717) is 22.0 Å². The van der Waals surface area contributed by atoms with Crippen LogP contribution >= 0.6 is 11.6 Å². The minimum absolute atomic E-state index is 0.239. The largest absolute Gasteiger partial charge is 0.465 e. The highest BCUT2D eigenvalue weighted by Crippen LogP contribution is 2.24. The van der Waals surface area contributed by atoms with Crippen LogP contribution in [0.3, 0.4) is 0 Å². The van der Waals surface area contributed by atoms with Crippen LogP contribution in [0.4, 0.5) is 17.1 Å². The fraction of sp³-hybridized carbons (Fsp3) is 0.0500. The predicted molar refractivity (Wildman–Crippen MR) is 105 cm³/mol. The average molecular weight is 382 g/mol. The number of rotatable bonds is 5. The molecular formula is C20H16ClN3O3. The van der Waals surface area contributed by atoms with Gasteiger partial charge < -0.3 is 15.4 Å². The number of methoxy groups -OCH3 is 1. The molecule has 7 heteroatoms. The van der Waals surface area contributed by atoms with Crippen molar-refractivity contribution in [1.82, 2.24) is 4.98 Å². The lowest BCUT2D eigenvalue weighted by Gasteiger charge is -2.09. The summed E-state index contributed by atoms with van der Waals surface area (Å²) in [6.07, 6.45) is 1.54. The van der Waals surface area contributed by atoms with Crippen LogP contribution in [-0.4, -0.2) is 24.0 Å². The molecule has 3 rings (SSSR count). The zero-order valence-electron chi connectivity index (χ0n) is 14.4. The van der Waals surface area contributed by atoms with Gasteiger partial charge in [0.15, 0.2) is 0 Å². The zero-order chi connectivity index (χ0) is 19.2. The number of esters is 1. The van der Waals surface area contributed by atoms with E-state index in [4.69, 9.17) is 11.6 Å². The van der Waals surface area contributed by atoms with Gasteiger partial charge in [-0.15, -0.1) is 0 Å². The topological polar surface area (TPSA) is 80.3 Å². The number of hydrogen-bond acceptors (Lipinski definition) is 5. The number of anilines is 3. The number of aromatic nitrogens is 1. The first kappa shape index (κ1) is 18.4. The van der Waals surface area contributed by atoms with E-state index in [1.54, 1.807) is 42.6 Å². The molecule has 0 radical (unpaired) electrons. The van der Waals surface area contributed by atoms with E-state index in [9.17, 15) is 9.59 Å². The van der Waals surface area contributed by atoms with Crippen LogP contribution in [0.5, 0.6) is 0 Å². The molecule has 0 atom stereocenters. The number of amides is 1. The third kappa shape index (κ3) is 4.62. The fourth-order valence-electron chi connectivity index (χ4n) is 2.36. The molecular weight excluding hydrogens is 366 g/mol. The number of carbonyl (C=O) groups is 2. The van der Waals surface area contributed by atoms with Gasteiger partial charge in [-0.2, -0.15) is 0 Å². The number of carbonyl (C=O) groups excluding carboxylic acids is 2. The van der Waals surface area contributed by atoms with Crippen LogP contribution in [0.25, 0.3) is 0 Å². The maximum Gasteiger partial charge on any atom is 0.337 e.